The molecule has 1 atom stereocenters. The Morgan fingerprint density at radius 2 is 2.04 bits per heavy atom. The average molecular weight is 333 g/mol. The Hall–Kier alpha value is -2.08. The fourth-order valence-electron chi connectivity index (χ4n) is 2.93. The molecule has 1 aliphatic heterocycles. The zero-order valence-electron chi connectivity index (χ0n) is 12.9. The first-order valence-electron chi connectivity index (χ1n) is 7.56. The van der Waals surface area contributed by atoms with Gasteiger partial charge in [-0.05, 0) is 37.1 Å². The van der Waals surface area contributed by atoms with E-state index in [0.29, 0.717) is 17.7 Å². The van der Waals surface area contributed by atoms with Gasteiger partial charge in [0.15, 0.2) is 9.84 Å². The first kappa shape index (κ1) is 15.8. The maximum atomic E-state index is 13.0. The Labute approximate surface area is 135 Å². The first-order chi connectivity index (χ1) is 11.0. The van der Waals surface area contributed by atoms with Crippen LogP contribution >= 0.6 is 0 Å². The molecule has 1 aromatic heterocycles. The molecular formula is C17H19NO4S. The molecule has 1 amide bonds. The number of hydrogen-bond donors (Lipinski definition) is 0. The molecule has 6 heteroatoms. The highest BCUT2D eigenvalue weighted by Gasteiger charge is 2.35. The van der Waals surface area contributed by atoms with E-state index in [1.807, 2.05) is 25.1 Å². The molecule has 0 aliphatic carbocycles. The van der Waals surface area contributed by atoms with E-state index < -0.39 is 9.84 Å². The second kappa shape index (κ2) is 6.20. The van der Waals surface area contributed by atoms with E-state index in [-0.39, 0.29) is 30.0 Å². The molecule has 122 valence electrons. The smallest absolute Gasteiger partial charge is 0.254 e. The summed E-state index contributed by atoms with van der Waals surface area (Å²) in [5, 5.41) is 0. The number of benzene rings is 1. The maximum Gasteiger partial charge on any atom is 0.254 e. The van der Waals surface area contributed by atoms with Crippen molar-refractivity contribution in [2.24, 2.45) is 0 Å². The van der Waals surface area contributed by atoms with Gasteiger partial charge >= 0.3 is 0 Å². The molecule has 5 nitrogen and oxygen atoms in total. The summed E-state index contributed by atoms with van der Waals surface area (Å²) in [6.07, 6.45) is 2.03. The van der Waals surface area contributed by atoms with Gasteiger partial charge in [-0.15, -0.1) is 0 Å². The second-order valence-corrected chi connectivity index (χ2v) is 8.11. The molecule has 0 N–H and O–H groups in total. The Kier molecular flexibility index (Phi) is 4.26. The Morgan fingerprint density at radius 1 is 1.26 bits per heavy atom. The minimum absolute atomic E-state index is 0.0192. The van der Waals surface area contributed by atoms with Gasteiger partial charge in [0, 0.05) is 11.6 Å². The lowest BCUT2D eigenvalue weighted by atomic mass is 10.1. The average Bonchev–Trinajstić information content (AvgIpc) is 3.14. The number of nitrogens with zero attached hydrogens (tertiary/aromatic N) is 1. The molecule has 1 fully saturated rings. The third kappa shape index (κ3) is 3.47. The van der Waals surface area contributed by atoms with Gasteiger partial charge in [0.1, 0.15) is 5.76 Å². The lowest BCUT2D eigenvalue weighted by Crippen LogP contribution is -2.40. The number of carbonyl (C=O) groups excluding carboxylic acids is 1. The predicted octanol–water partition coefficient (Wildman–Crippen LogP) is 2.42. The molecular weight excluding hydrogens is 314 g/mol. The molecule has 1 aliphatic rings. The number of hydrogen-bond acceptors (Lipinski definition) is 4. The monoisotopic (exact) mass is 333 g/mol. The van der Waals surface area contributed by atoms with Crippen LogP contribution in [0, 0.1) is 6.92 Å². The van der Waals surface area contributed by atoms with Crippen molar-refractivity contribution in [2.45, 2.75) is 25.9 Å². The Balaban J connectivity index is 1.91. The van der Waals surface area contributed by atoms with Crippen molar-refractivity contribution < 1.29 is 17.6 Å². The topological polar surface area (TPSA) is 67.6 Å². The number of sulfone groups is 1. The van der Waals surface area contributed by atoms with Gasteiger partial charge in [-0.3, -0.25) is 4.79 Å². The third-order valence-electron chi connectivity index (χ3n) is 4.19. The summed E-state index contributed by atoms with van der Waals surface area (Å²) < 4.78 is 29.0. The predicted molar refractivity (Wildman–Crippen MR) is 86.8 cm³/mol. The van der Waals surface area contributed by atoms with Crippen LogP contribution in [0.3, 0.4) is 0 Å². The quantitative estimate of drug-likeness (QED) is 0.862. The van der Waals surface area contributed by atoms with E-state index in [1.54, 1.807) is 29.4 Å². The van der Waals surface area contributed by atoms with Crippen LogP contribution in [0.5, 0.6) is 0 Å². The molecule has 1 unspecified atom stereocenters. The largest absolute Gasteiger partial charge is 0.467 e. The Bertz CT molecular complexity index is 796. The first-order valence-corrected chi connectivity index (χ1v) is 9.38. The van der Waals surface area contributed by atoms with E-state index in [0.717, 1.165) is 5.56 Å². The molecule has 3 rings (SSSR count). The van der Waals surface area contributed by atoms with Gasteiger partial charge in [-0.25, -0.2) is 8.42 Å². The van der Waals surface area contributed by atoms with Crippen molar-refractivity contribution >= 4 is 15.7 Å². The van der Waals surface area contributed by atoms with Crippen LogP contribution < -0.4 is 0 Å². The fraction of sp³-hybridized carbons (Fsp3) is 0.353. The van der Waals surface area contributed by atoms with Crippen molar-refractivity contribution in [3.8, 4) is 0 Å². The molecule has 2 heterocycles. The highest BCUT2D eigenvalue weighted by molar-refractivity contribution is 7.91. The van der Waals surface area contributed by atoms with Crippen LogP contribution in [0.2, 0.25) is 0 Å². The van der Waals surface area contributed by atoms with Gasteiger partial charge in [0.25, 0.3) is 5.91 Å². The summed E-state index contributed by atoms with van der Waals surface area (Å²) in [6.45, 7) is 2.16. The molecule has 1 aromatic carbocycles. The zero-order valence-corrected chi connectivity index (χ0v) is 13.8. The molecule has 0 spiro atoms. The van der Waals surface area contributed by atoms with Crippen molar-refractivity contribution in [3.05, 3.63) is 59.5 Å². The minimum Gasteiger partial charge on any atom is -0.467 e. The van der Waals surface area contributed by atoms with Gasteiger partial charge in [-0.2, -0.15) is 0 Å². The zero-order chi connectivity index (χ0) is 16.4. The van der Waals surface area contributed by atoms with E-state index in [4.69, 9.17) is 4.42 Å². The highest BCUT2D eigenvalue weighted by Crippen LogP contribution is 2.23. The van der Waals surface area contributed by atoms with Crippen molar-refractivity contribution in [2.75, 3.05) is 11.5 Å². The van der Waals surface area contributed by atoms with Crippen molar-refractivity contribution in [1.82, 2.24) is 4.90 Å². The summed E-state index contributed by atoms with van der Waals surface area (Å²) in [6, 6.07) is 10.6. The number of furan rings is 1. The normalized spacial score (nSPS) is 19.6. The SMILES string of the molecule is Cc1ccccc1C(=O)N(Cc1ccco1)C1CCS(=O)(=O)C1. The summed E-state index contributed by atoms with van der Waals surface area (Å²) >= 11 is 0. The van der Waals surface area contributed by atoms with Crippen molar-refractivity contribution in [1.29, 1.82) is 0 Å². The van der Waals surface area contributed by atoms with Crippen molar-refractivity contribution in [3.63, 3.8) is 0 Å². The molecule has 0 bridgehead atoms. The van der Waals surface area contributed by atoms with Crippen LogP contribution in [0.25, 0.3) is 0 Å². The van der Waals surface area contributed by atoms with E-state index in [1.165, 1.54) is 0 Å². The molecule has 0 radical (unpaired) electrons. The van der Waals surface area contributed by atoms with Crippen LogP contribution in [-0.4, -0.2) is 36.8 Å². The summed E-state index contributed by atoms with van der Waals surface area (Å²) in [4.78, 5) is 14.6. The molecule has 2 aromatic rings. The number of aryl methyl sites for hydroxylation is 1. The lowest BCUT2D eigenvalue weighted by molar-refractivity contribution is 0.0665. The van der Waals surface area contributed by atoms with Crippen LogP contribution in [0.1, 0.15) is 28.1 Å². The molecule has 1 saturated heterocycles. The van der Waals surface area contributed by atoms with Gasteiger partial charge in [0.05, 0.1) is 24.3 Å². The third-order valence-corrected chi connectivity index (χ3v) is 5.94. The lowest BCUT2D eigenvalue weighted by Gasteiger charge is -2.28. The summed E-state index contributed by atoms with van der Waals surface area (Å²) in [5.74, 6) is 0.649. The number of rotatable bonds is 4. The summed E-state index contributed by atoms with van der Waals surface area (Å²) in [7, 11) is -3.07. The minimum atomic E-state index is -3.07. The van der Waals surface area contributed by atoms with E-state index >= 15 is 0 Å². The second-order valence-electron chi connectivity index (χ2n) is 5.88. The van der Waals surface area contributed by atoms with Gasteiger partial charge < -0.3 is 9.32 Å². The van der Waals surface area contributed by atoms with Crippen LogP contribution in [-0.2, 0) is 16.4 Å². The van der Waals surface area contributed by atoms with Gasteiger partial charge in [-0.1, -0.05) is 18.2 Å². The molecule has 0 saturated carbocycles. The van der Waals surface area contributed by atoms with Crippen LogP contribution in [0.15, 0.2) is 47.1 Å². The summed E-state index contributed by atoms with van der Waals surface area (Å²) in [5.41, 5.74) is 1.48. The van der Waals surface area contributed by atoms with Crippen LogP contribution in [0.4, 0.5) is 0 Å². The number of carbonyl (C=O) groups is 1. The molecule has 23 heavy (non-hydrogen) atoms. The standard InChI is InChI=1S/C17H19NO4S/c1-13-5-2-3-7-16(13)17(19)18(11-15-6-4-9-22-15)14-8-10-23(20,21)12-14/h2-7,9,14H,8,10-12H2,1H3. The van der Waals surface area contributed by atoms with E-state index in [2.05, 4.69) is 0 Å². The fourth-order valence-corrected chi connectivity index (χ4v) is 4.66. The van der Waals surface area contributed by atoms with Gasteiger partial charge in [0.2, 0.25) is 0 Å². The maximum absolute atomic E-state index is 13.0. The number of amides is 1. The Morgan fingerprint density at radius 3 is 2.65 bits per heavy atom. The highest BCUT2D eigenvalue weighted by atomic mass is 32.2. The van der Waals surface area contributed by atoms with E-state index in [9.17, 15) is 13.2 Å².